The molecule has 0 aromatic rings. The molecule has 0 aliphatic rings. The van der Waals surface area contributed by atoms with Crippen molar-refractivity contribution in [1.29, 1.82) is 0 Å². The molecule has 0 aliphatic carbocycles. The third kappa shape index (κ3) is 12.0. The minimum absolute atomic E-state index is 0.282. The molecule has 0 saturated carbocycles. The highest BCUT2D eigenvalue weighted by Crippen LogP contribution is 2.05. The number of ether oxygens (including phenoxy) is 1. The summed E-state index contributed by atoms with van der Waals surface area (Å²) in [5.74, 6) is -0.331. The summed E-state index contributed by atoms with van der Waals surface area (Å²) in [6.07, 6.45) is 11.2. The Labute approximate surface area is 118 Å². The van der Waals surface area contributed by atoms with Gasteiger partial charge in [0.2, 0.25) is 0 Å². The van der Waals surface area contributed by atoms with E-state index in [2.05, 4.69) is 25.7 Å². The number of carbonyl (C=O) groups excluding carboxylic acids is 1. The number of hydrogen-bond donors (Lipinski definition) is 1. The van der Waals surface area contributed by atoms with E-state index in [1.807, 2.05) is 0 Å². The third-order valence-corrected chi connectivity index (χ3v) is 3.19. The van der Waals surface area contributed by atoms with Crippen molar-refractivity contribution in [3.05, 3.63) is 12.7 Å². The predicted octanol–water partition coefficient (Wildman–Crippen LogP) is 3.83. The molecule has 0 aromatic carbocycles. The van der Waals surface area contributed by atoms with Gasteiger partial charge in [-0.25, -0.2) is 4.79 Å². The quantitative estimate of drug-likeness (QED) is 0.314. The lowest BCUT2D eigenvalue weighted by Gasteiger charge is -2.17. The molecule has 0 saturated heterocycles. The van der Waals surface area contributed by atoms with Gasteiger partial charge in [0, 0.05) is 12.1 Å². The fourth-order valence-corrected chi connectivity index (χ4v) is 2.05. The minimum Gasteiger partial charge on any atom is -0.461 e. The molecule has 0 heterocycles. The van der Waals surface area contributed by atoms with E-state index in [1.54, 1.807) is 0 Å². The molecule has 19 heavy (non-hydrogen) atoms. The molecule has 0 rings (SSSR count). The molecule has 0 aliphatic heterocycles. The predicted molar refractivity (Wildman–Crippen MR) is 81.2 cm³/mol. The zero-order chi connectivity index (χ0) is 14.3. The van der Waals surface area contributed by atoms with Crippen molar-refractivity contribution >= 4 is 5.97 Å². The smallest absolute Gasteiger partial charge is 0.330 e. The Kier molecular flexibility index (Phi) is 13.0. The van der Waals surface area contributed by atoms with E-state index in [-0.39, 0.29) is 12.0 Å². The SMILES string of the molecule is C=CC(=O)OCC(CCC)NCCCCCCCC. The number of hydrogen-bond acceptors (Lipinski definition) is 3. The largest absolute Gasteiger partial charge is 0.461 e. The normalized spacial score (nSPS) is 12.1. The van der Waals surface area contributed by atoms with Crippen molar-refractivity contribution in [2.45, 2.75) is 71.3 Å². The van der Waals surface area contributed by atoms with Crippen LogP contribution in [0.25, 0.3) is 0 Å². The second-order valence-electron chi connectivity index (χ2n) is 5.04. The first kappa shape index (κ1) is 18.2. The summed E-state index contributed by atoms with van der Waals surface area (Å²) in [6.45, 7) is 9.25. The lowest BCUT2D eigenvalue weighted by atomic mass is 10.1. The van der Waals surface area contributed by atoms with E-state index in [4.69, 9.17) is 4.74 Å². The first-order valence-electron chi connectivity index (χ1n) is 7.77. The first-order valence-corrected chi connectivity index (χ1v) is 7.77. The van der Waals surface area contributed by atoms with Crippen molar-refractivity contribution in [3.63, 3.8) is 0 Å². The van der Waals surface area contributed by atoms with Gasteiger partial charge in [-0.2, -0.15) is 0 Å². The van der Waals surface area contributed by atoms with Crippen LogP contribution in [0, 0.1) is 0 Å². The number of unbranched alkanes of at least 4 members (excludes halogenated alkanes) is 5. The van der Waals surface area contributed by atoms with Crippen LogP contribution in [0.15, 0.2) is 12.7 Å². The molecule has 3 heteroatoms. The summed E-state index contributed by atoms with van der Waals surface area (Å²) in [4.78, 5) is 11.0. The van der Waals surface area contributed by atoms with Gasteiger partial charge in [0.15, 0.2) is 0 Å². The number of carbonyl (C=O) groups is 1. The lowest BCUT2D eigenvalue weighted by molar-refractivity contribution is -0.138. The molecule has 1 N–H and O–H groups in total. The Morgan fingerprint density at radius 2 is 1.84 bits per heavy atom. The maximum atomic E-state index is 11.0. The summed E-state index contributed by atoms with van der Waals surface area (Å²) in [5.41, 5.74) is 0. The zero-order valence-electron chi connectivity index (χ0n) is 12.7. The van der Waals surface area contributed by atoms with Crippen LogP contribution in [-0.4, -0.2) is 25.2 Å². The van der Waals surface area contributed by atoms with E-state index in [0.29, 0.717) is 6.61 Å². The van der Waals surface area contributed by atoms with Gasteiger partial charge in [0.1, 0.15) is 6.61 Å². The van der Waals surface area contributed by atoms with Crippen LogP contribution in [0.2, 0.25) is 0 Å². The summed E-state index contributed by atoms with van der Waals surface area (Å²) in [5, 5.41) is 3.48. The van der Waals surface area contributed by atoms with E-state index in [1.165, 1.54) is 44.6 Å². The van der Waals surface area contributed by atoms with Crippen LogP contribution in [0.4, 0.5) is 0 Å². The Hall–Kier alpha value is -0.830. The first-order chi connectivity index (χ1) is 9.24. The highest BCUT2D eigenvalue weighted by atomic mass is 16.5. The van der Waals surface area contributed by atoms with Gasteiger partial charge in [-0.1, -0.05) is 59.0 Å². The van der Waals surface area contributed by atoms with Gasteiger partial charge in [0.25, 0.3) is 0 Å². The van der Waals surface area contributed by atoms with E-state index >= 15 is 0 Å². The van der Waals surface area contributed by atoms with Crippen LogP contribution in [0.1, 0.15) is 65.2 Å². The van der Waals surface area contributed by atoms with Crippen molar-refractivity contribution in [2.24, 2.45) is 0 Å². The average Bonchev–Trinajstić information content (AvgIpc) is 2.43. The molecule has 1 unspecified atom stereocenters. The molecule has 0 bridgehead atoms. The van der Waals surface area contributed by atoms with E-state index in [9.17, 15) is 4.79 Å². The summed E-state index contributed by atoms with van der Waals surface area (Å²) < 4.78 is 5.10. The van der Waals surface area contributed by atoms with Gasteiger partial charge in [-0.05, 0) is 19.4 Å². The maximum Gasteiger partial charge on any atom is 0.330 e. The third-order valence-electron chi connectivity index (χ3n) is 3.19. The highest BCUT2D eigenvalue weighted by Gasteiger charge is 2.08. The minimum atomic E-state index is -0.331. The van der Waals surface area contributed by atoms with Gasteiger partial charge in [-0.15, -0.1) is 0 Å². The van der Waals surface area contributed by atoms with Gasteiger partial charge in [0.05, 0.1) is 0 Å². The molecule has 0 fully saturated rings. The molecule has 0 spiro atoms. The summed E-state index contributed by atoms with van der Waals surface area (Å²) in [7, 11) is 0. The lowest BCUT2D eigenvalue weighted by Crippen LogP contribution is -2.34. The molecule has 0 aromatic heterocycles. The second-order valence-corrected chi connectivity index (χ2v) is 5.04. The molecule has 0 amide bonds. The van der Waals surface area contributed by atoms with Crippen LogP contribution in [0.5, 0.6) is 0 Å². The van der Waals surface area contributed by atoms with Crippen molar-refractivity contribution < 1.29 is 9.53 Å². The number of rotatable bonds is 13. The fraction of sp³-hybridized carbons (Fsp3) is 0.812. The second kappa shape index (κ2) is 13.6. The Balaban J connectivity index is 3.58. The van der Waals surface area contributed by atoms with Crippen LogP contribution < -0.4 is 5.32 Å². The van der Waals surface area contributed by atoms with Crippen LogP contribution in [-0.2, 0) is 9.53 Å². The molecule has 0 radical (unpaired) electrons. The Morgan fingerprint density at radius 3 is 2.47 bits per heavy atom. The monoisotopic (exact) mass is 269 g/mol. The fourth-order valence-electron chi connectivity index (χ4n) is 2.05. The van der Waals surface area contributed by atoms with Crippen molar-refractivity contribution in [3.8, 4) is 0 Å². The summed E-state index contributed by atoms with van der Waals surface area (Å²) >= 11 is 0. The van der Waals surface area contributed by atoms with Crippen molar-refractivity contribution in [1.82, 2.24) is 5.32 Å². The highest BCUT2D eigenvalue weighted by molar-refractivity contribution is 5.81. The average molecular weight is 269 g/mol. The van der Waals surface area contributed by atoms with Gasteiger partial charge in [-0.3, -0.25) is 0 Å². The molecule has 1 atom stereocenters. The van der Waals surface area contributed by atoms with Gasteiger partial charge < -0.3 is 10.1 Å². The van der Waals surface area contributed by atoms with Crippen LogP contribution in [0.3, 0.4) is 0 Å². The number of nitrogens with one attached hydrogen (secondary N) is 1. The molecular formula is C16H31NO2. The van der Waals surface area contributed by atoms with E-state index < -0.39 is 0 Å². The topological polar surface area (TPSA) is 38.3 Å². The molecule has 3 nitrogen and oxygen atoms in total. The van der Waals surface area contributed by atoms with Crippen LogP contribution >= 0.6 is 0 Å². The standard InChI is InChI=1S/C16H31NO2/c1-4-7-8-9-10-11-13-17-15(12-5-2)14-19-16(18)6-3/h6,15,17H,3-5,7-14H2,1-2H3. The Bertz CT molecular complexity index is 229. The molecular weight excluding hydrogens is 238 g/mol. The molecule has 112 valence electrons. The zero-order valence-corrected chi connectivity index (χ0v) is 12.7. The maximum absolute atomic E-state index is 11.0. The van der Waals surface area contributed by atoms with Crippen molar-refractivity contribution in [2.75, 3.05) is 13.2 Å². The summed E-state index contributed by atoms with van der Waals surface area (Å²) in [6, 6.07) is 0.282. The Morgan fingerprint density at radius 1 is 1.16 bits per heavy atom. The number of esters is 1. The van der Waals surface area contributed by atoms with Gasteiger partial charge >= 0.3 is 5.97 Å². The van der Waals surface area contributed by atoms with E-state index in [0.717, 1.165) is 19.4 Å².